The van der Waals surface area contributed by atoms with E-state index in [1.807, 2.05) is 43.5 Å². The van der Waals surface area contributed by atoms with Gasteiger partial charge < -0.3 is 9.88 Å². The number of aryl methyl sites for hydroxylation is 1. The van der Waals surface area contributed by atoms with Gasteiger partial charge in [0.15, 0.2) is 5.65 Å². The number of hydrogen-bond acceptors (Lipinski definition) is 6. The van der Waals surface area contributed by atoms with Crippen LogP contribution in [0.2, 0.25) is 0 Å². The normalized spacial score (nSPS) is 15.9. The maximum atomic E-state index is 4.98. The predicted octanol–water partition coefficient (Wildman–Crippen LogP) is 2.24. The minimum atomic E-state index is 0.804. The van der Waals surface area contributed by atoms with Gasteiger partial charge in [0.1, 0.15) is 12.2 Å². The monoisotopic (exact) mass is 388 g/mol. The highest BCUT2D eigenvalue weighted by molar-refractivity contribution is 5.77. The van der Waals surface area contributed by atoms with Gasteiger partial charge in [-0.3, -0.25) is 9.88 Å². The number of nitrogens with one attached hydrogen (secondary N) is 1. The highest BCUT2D eigenvalue weighted by Gasteiger charge is 2.19. The molecule has 0 radical (unpaired) electrons. The molecule has 1 aliphatic heterocycles. The quantitative estimate of drug-likeness (QED) is 0.578. The van der Waals surface area contributed by atoms with E-state index >= 15 is 0 Å². The van der Waals surface area contributed by atoms with Gasteiger partial charge in [-0.05, 0) is 38.2 Å². The summed E-state index contributed by atoms with van der Waals surface area (Å²) in [6.07, 6.45) is 3.53. The number of H-pyrrole nitrogens is 1. The molecule has 8 heteroatoms. The summed E-state index contributed by atoms with van der Waals surface area (Å²) in [4.78, 5) is 22.3. The zero-order valence-corrected chi connectivity index (χ0v) is 16.7. The molecule has 0 spiro atoms. The van der Waals surface area contributed by atoms with Crippen LogP contribution >= 0.6 is 0 Å². The number of rotatable bonds is 4. The fourth-order valence-electron chi connectivity index (χ4n) is 3.75. The summed E-state index contributed by atoms with van der Waals surface area (Å²) in [6.45, 7) is 7.08. The Balaban J connectivity index is 1.55. The third-order valence-electron chi connectivity index (χ3n) is 5.41. The zero-order valence-electron chi connectivity index (χ0n) is 16.7. The minimum absolute atomic E-state index is 0.804. The standard InChI is InChI=1S/C21H24N8/c1-15-4-3-5-17(24-15)21-20(16-6-7-19-22-14-23-29(19)12-16)25-18(26-21)13-28-10-8-27(2)9-11-28/h3-7,12,14H,8-11,13H2,1-2H3,(H,25,26). The van der Waals surface area contributed by atoms with Crippen LogP contribution in [0.4, 0.5) is 0 Å². The molecule has 0 amide bonds. The molecule has 8 nitrogen and oxygen atoms in total. The number of likely N-dealkylation sites (N-methyl/N-ethyl adjacent to an activating group) is 1. The second-order valence-electron chi connectivity index (χ2n) is 7.63. The molecule has 0 atom stereocenters. The van der Waals surface area contributed by atoms with E-state index in [0.29, 0.717) is 0 Å². The van der Waals surface area contributed by atoms with Gasteiger partial charge in [-0.2, -0.15) is 5.10 Å². The van der Waals surface area contributed by atoms with Gasteiger partial charge >= 0.3 is 0 Å². The van der Waals surface area contributed by atoms with Gasteiger partial charge in [-0.1, -0.05) is 6.07 Å². The summed E-state index contributed by atoms with van der Waals surface area (Å²) in [6, 6.07) is 10.1. The molecule has 1 N–H and O–H groups in total. The van der Waals surface area contributed by atoms with Crippen molar-refractivity contribution in [2.75, 3.05) is 33.2 Å². The summed E-state index contributed by atoms with van der Waals surface area (Å²) in [5, 5.41) is 4.27. The first-order valence-corrected chi connectivity index (χ1v) is 9.89. The van der Waals surface area contributed by atoms with E-state index in [4.69, 9.17) is 9.97 Å². The first kappa shape index (κ1) is 18.0. The fourth-order valence-corrected chi connectivity index (χ4v) is 3.75. The number of piperazine rings is 1. The number of fused-ring (bicyclic) bond motifs is 1. The highest BCUT2D eigenvalue weighted by atomic mass is 15.3. The smallest absolute Gasteiger partial charge is 0.155 e. The lowest BCUT2D eigenvalue weighted by Gasteiger charge is -2.31. The van der Waals surface area contributed by atoms with E-state index in [1.54, 1.807) is 10.8 Å². The number of aromatic nitrogens is 6. The number of aromatic amines is 1. The molecule has 0 unspecified atom stereocenters. The van der Waals surface area contributed by atoms with Crippen LogP contribution in [-0.4, -0.2) is 72.6 Å². The summed E-state index contributed by atoms with van der Waals surface area (Å²) < 4.78 is 1.78. The average Bonchev–Trinajstić information content (AvgIpc) is 3.36. The SMILES string of the molecule is Cc1cccc(-c2[nH]c(CN3CCN(C)CC3)nc2-c2ccc3ncnn3c2)n1. The van der Waals surface area contributed by atoms with Crippen LogP contribution in [0.15, 0.2) is 42.9 Å². The molecule has 148 valence electrons. The Morgan fingerprint density at radius 2 is 1.90 bits per heavy atom. The molecule has 5 heterocycles. The Labute approximate surface area is 169 Å². The lowest BCUT2D eigenvalue weighted by molar-refractivity contribution is 0.146. The van der Waals surface area contributed by atoms with Crippen LogP contribution in [0.25, 0.3) is 28.3 Å². The predicted molar refractivity (Wildman–Crippen MR) is 111 cm³/mol. The van der Waals surface area contributed by atoms with E-state index < -0.39 is 0 Å². The van der Waals surface area contributed by atoms with Gasteiger partial charge in [0, 0.05) is 43.6 Å². The van der Waals surface area contributed by atoms with Crippen molar-refractivity contribution in [3.63, 3.8) is 0 Å². The molecule has 0 aromatic carbocycles. The molecule has 1 fully saturated rings. The van der Waals surface area contributed by atoms with Gasteiger partial charge in [-0.15, -0.1) is 0 Å². The Bertz CT molecular complexity index is 1140. The van der Waals surface area contributed by atoms with E-state index in [2.05, 4.69) is 31.9 Å². The third-order valence-corrected chi connectivity index (χ3v) is 5.41. The molecule has 29 heavy (non-hydrogen) atoms. The van der Waals surface area contributed by atoms with Crippen molar-refractivity contribution in [1.82, 2.24) is 39.3 Å². The zero-order chi connectivity index (χ0) is 19.8. The maximum Gasteiger partial charge on any atom is 0.155 e. The number of imidazole rings is 1. The molecule has 0 aliphatic carbocycles. The average molecular weight is 388 g/mol. The Morgan fingerprint density at radius 1 is 1.03 bits per heavy atom. The highest BCUT2D eigenvalue weighted by Crippen LogP contribution is 2.29. The van der Waals surface area contributed by atoms with Crippen LogP contribution < -0.4 is 0 Å². The van der Waals surface area contributed by atoms with Crippen molar-refractivity contribution < 1.29 is 0 Å². The lowest BCUT2D eigenvalue weighted by atomic mass is 10.1. The van der Waals surface area contributed by atoms with Crippen LogP contribution in [0, 0.1) is 6.92 Å². The fraction of sp³-hybridized carbons (Fsp3) is 0.333. The van der Waals surface area contributed by atoms with E-state index in [9.17, 15) is 0 Å². The molecular formula is C21H24N8. The van der Waals surface area contributed by atoms with E-state index in [1.165, 1.54) is 0 Å². The third kappa shape index (κ3) is 3.64. The summed E-state index contributed by atoms with van der Waals surface area (Å²) in [5.41, 5.74) is 5.52. The van der Waals surface area contributed by atoms with Crippen LogP contribution in [-0.2, 0) is 6.54 Å². The molecule has 4 aromatic heterocycles. The van der Waals surface area contributed by atoms with Gasteiger partial charge in [-0.25, -0.2) is 14.5 Å². The Morgan fingerprint density at radius 3 is 2.72 bits per heavy atom. The van der Waals surface area contributed by atoms with Gasteiger partial charge in [0.05, 0.1) is 23.6 Å². The van der Waals surface area contributed by atoms with Crippen molar-refractivity contribution in [3.05, 3.63) is 54.4 Å². The second kappa shape index (κ2) is 7.38. The number of hydrogen-bond donors (Lipinski definition) is 1. The van der Waals surface area contributed by atoms with Crippen molar-refractivity contribution in [2.45, 2.75) is 13.5 Å². The summed E-state index contributed by atoms with van der Waals surface area (Å²) in [5.74, 6) is 0.960. The largest absolute Gasteiger partial charge is 0.339 e. The van der Waals surface area contributed by atoms with Crippen molar-refractivity contribution in [1.29, 1.82) is 0 Å². The van der Waals surface area contributed by atoms with Crippen LogP contribution in [0.1, 0.15) is 11.5 Å². The topological polar surface area (TPSA) is 78.2 Å². The molecular weight excluding hydrogens is 364 g/mol. The van der Waals surface area contributed by atoms with Crippen molar-refractivity contribution in [2.24, 2.45) is 0 Å². The minimum Gasteiger partial charge on any atom is -0.339 e. The molecule has 5 rings (SSSR count). The van der Waals surface area contributed by atoms with Crippen LogP contribution in [0.5, 0.6) is 0 Å². The Kier molecular flexibility index (Phi) is 4.57. The lowest BCUT2D eigenvalue weighted by Crippen LogP contribution is -2.44. The van der Waals surface area contributed by atoms with Crippen molar-refractivity contribution in [3.8, 4) is 22.6 Å². The Hall–Kier alpha value is -3.10. The second-order valence-corrected chi connectivity index (χ2v) is 7.63. The molecule has 1 saturated heterocycles. The van der Waals surface area contributed by atoms with Crippen LogP contribution in [0.3, 0.4) is 0 Å². The van der Waals surface area contributed by atoms with Gasteiger partial charge in [0.2, 0.25) is 0 Å². The maximum absolute atomic E-state index is 4.98. The molecule has 4 aromatic rings. The molecule has 0 bridgehead atoms. The van der Waals surface area contributed by atoms with Crippen molar-refractivity contribution >= 4 is 5.65 Å². The number of pyridine rings is 2. The molecule has 1 aliphatic rings. The van der Waals surface area contributed by atoms with E-state index in [0.717, 1.165) is 72.5 Å². The van der Waals surface area contributed by atoms with Gasteiger partial charge in [0.25, 0.3) is 0 Å². The van der Waals surface area contributed by atoms with E-state index in [-0.39, 0.29) is 0 Å². The first-order chi connectivity index (χ1) is 14.2. The molecule has 0 saturated carbocycles. The number of nitrogens with zero attached hydrogens (tertiary/aromatic N) is 7. The summed E-state index contributed by atoms with van der Waals surface area (Å²) >= 11 is 0. The first-order valence-electron chi connectivity index (χ1n) is 9.89. The summed E-state index contributed by atoms with van der Waals surface area (Å²) in [7, 11) is 2.17.